The lowest BCUT2D eigenvalue weighted by Gasteiger charge is -2.36. The van der Waals surface area contributed by atoms with Crippen LogP contribution in [-0.4, -0.2) is 47.0 Å². The second-order valence-corrected chi connectivity index (χ2v) is 4.89. The van der Waals surface area contributed by atoms with E-state index in [1.165, 1.54) is 6.42 Å². The Bertz CT molecular complexity index is 227. The lowest BCUT2D eigenvalue weighted by Crippen LogP contribution is -2.43. The Labute approximate surface area is 89.1 Å². The van der Waals surface area contributed by atoms with Crippen LogP contribution < -0.4 is 0 Å². The van der Waals surface area contributed by atoms with E-state index < -0.39 is 7.82 Å². The van der Waals surface area contributed by atoms with E-state index in [2.05, 4.69) is 4.52 Å². The van der Waals surface area contributed by atoms with Crippen molar-refractivity contribution in [1.29, 1.82) is 0 Å². The number of nitrogens with zero attached hydrogens (tertiary/aromatic N) is 1. The van der Waals surface area contributed by atoms with Gasteiger partial charge in [0.2, 0.25) is 0 Å². The molecule has 0 amide bonds. The Kier molecular flexibility index (Phi) is 5.18. The zero-order valence-electron chi connectivity index (χ0n) is 8.54. The molecule has 0 aromatic carbocycles. The quantitative estimate of drug-likeness (QED) is 0.626. The minimum absolute atomic E-state index is 0.0270. The molecule has 0 saturated heterocycles. The summed E-state index contributed by atoms with van der Waals surface area (Å²) in [5.74, 6) is 0. The second-order valence-electron chi connectivity index (χ2n) is 3.65. The monoisotopic (exact) mass is 238 g/mol. The van der Waals surface area contributed by atoms with E-state index in [1.54, 1.807) is 0 Å². The topological polar surface area (TPSA) is 89.9 Å². The predicted molar refractivity (Wildman–Crippen MR) is 52.8 cm³/mol. The third kappa shape index (κ3) is 5.06. The van der Waals surface area contributed by atoms with Gasteiger partial charge in [-0.25, -0.2) is 9.67 Å². The smallest absolute Gasteiger partial charge is 0.303 e. The van der Waals surface area contributed by atoms with E-state index in [9.17, 15) is 9.67 Å². The fourth-order valence-corrected chi connectivity index (χ4v) is 1.94. The highest BCUT2D eigenvalue weighted by Crippen LogP contribution is 2.35. The molecule has 89 valence electrons. The van der Waals surface area contributed by atoms with Gasteiger partial charge < -0.3 is 9.79 Å². The molecule has 1 saturated carbocycles. The van der Waals surface area contributed by atoms with Crippen LogP contribution in [0.15, 0.2) is 0 Å². The summed E-state index contributed by atoms with van der Waals surface area (Å²) in [7, 11) is -4.37. The average Bonchev–Trinajstić information content (AvgIpc) is 1.98. The van der Waals surface area contributed by atoms with Crippen molar-refractivity contribution in [3.05, 3.63) is 0 Å². The van der Waals surface area contributed by atoms with E-state index in [4.69, 9.17) is 9.79 Å². The third-order valence-electron chi connectivity index (χ3n) is 2.61. The largest absolute Gasteiger partial charge is 0.469 e. The van der Waals surface area contributed by atoms with Gasteiger partial charge in [-0.05, 0) is 12.8 Å². The van der Waals surface area contributed by atoms with Gasteiger partial charge in [0, 0.05) is 19.1 Å². The summed E-state index contributed by atoms with van der Waals surface area (Å²) >= 11 is 0. The molecule has 0 aromatic rings. The average molecular weight is 238 g/mol. The fraction of sp³-hybridized carbons (Fsp3) is 1.00. The van der Waals surface area contributed by atoms with Gasteiger partial charge in [-0.15, -0.1) is 0 Å². The van der Waals surface area contributed by atoms with Crippen molar-refractivity contribution in [3.8, 4) is 0 Å². The van der Waals surface area contributed by atoms with Crippen LogP contribution in [0.5, 0.6) is 0 Å². The van der Waals surface area contributed by atoms with Crippen LogP contribution in [0.3, 0.4) is 0 Å². The van der Waals surface area contributed by atoms with E-state index >= 15 is 0 Å². The van der Waals surface area contributed by atoms with E-state index in [1.807, 2.05) is 4.90 Å². The summed E-state index contributed by atoms with van der Waals surface area (Å²) in [5.41, 5.74) is 0. The maximum atomic E-state index is 10.5. The van der Waals surface area contributed by atoms with Gasteiger partial charge in [-0.2, -0.15) is 0 Å². The molecular weight excluding hydrogens is 221 g/mol. The van der Waals surface area contributed by atoms with Crippen LogP contribution in [-0.2, 0) is 14.2 Å². The molecule has 0 unspecified atom stereocenters. The zero-order chi connectivity index (χ0) is 11.3. The van der Waals surface area contributed by atoms with Gasteiger partial charge >= 0.3 is 7.82 Å². The molecule has 7 heteroatoms. The van der Waals surface area contributed by atoms with Crippen LogP contribution in [0.25, 0.3) is 0 Å². The lowest BCUT2D eigenvalue weighted by molar-refractivity contribution is 0.0633. The molecule has 0 aliphatic heterocycles. The van der Waals surface area contributed by atoms with Crippen LogP contribution in [0.4, 0.5) is 0 Å². The highest BCUT2D eigenvalue weighted by molar-refractivity contribution is 7.46. The van der Waals surface area contributed by atoms with Crippen LogP contribution in [0.1, 0.15) is 19.3 Å². The zero-order valence-corrected chi connectivity index (χ0v) is 9.44. The van der Waals surface area contributed by atoms with E-state index in [0.717, 1.165) is 12.8 Å². The molecule has 1 fully saturated rings. The first-order valence-corrected chi connectivity index (χ1v) is 6.58. The first-order chi connectivity index (χ1) is 7.03. The van der Waals surface area contributed by atoms with Gasteiger partial charge in [0.25, 0.3) is 0 Å². The Morgan fingerprint density at radius 2 is 2.00 bits per heavy atom. The normalized spacial score (nSPS) is 18.1. The van der Waals surface area contributed by atoms with Crippen molar-refractivity contribution in [1.82, 2.24) is 4.90 Å². The Hall–Kier alpha value is 0.0300. The molecule has 6 nitrogen and oxygen atoms in total. The van der Waals surface area contributed by atoms with Gasteiger partial charge in [-0.1, -0.05) is 6.42 Å². The number of hydrogen-bond donors (Lipinski definition) is 2. The molecule has 0 aromatic heterocycles. The molecule has 1 rings (SSSR count). The SMILES string of the molecule is [O]CCN(CCOP(=O)(O)O)C1CCC1. The molecule has 0 spiro atoms. The summed E-state index contributed by atoms with van der Waals surface area (Å²) < 4.78 is 14.8. The van der Waals surface area contributed by atoms with Crippen molar-refractivity contribution in [3.63, 3.8) is 0 Å². The van der Waals surface area contributed by atoms with Crippen molar-refractivity contribution in [2.24, 2.45) is 0 Å². The molecule has 1 radical (unpaired) electrons. The van der Waals surface area contributed by atoms with Crippen LogP contribution in [0, 0.1) is 0 Å². The molecule has 1 aliphatic carbocycles. The molecule has 0 bridgehead atoms. The van der Waals surface area contributed by atoms with Crippen molar-refractivity contribution >= 4 is 7.82 Å². The predicted octanol–water partition coefficient (Wildman–Crippen LogP) is 0.381. The summed E-state index contributed by atoms with van der Waals surface area (Å²) in [6.45, 7) is 0.625. The standard InChI is InChI=1S/C8H17NO5P/c10-6-4-9(8-2-1-3-8)5-7-14-15(11,12)13/h8H,1-7H2,(H2,11,12,13). The number of phosphoric ester groups is 1. The molecule has 2 N–H and O–H groups in total. The first-order valence-electron chi connectivity index (χ1n) is 5.05. The highest BCUT2D eigenvalue weighted by Gasteiger charge is 2.25. The number of phosphoric acid groups is 1. The minimum Gasteiger partial charge on any atom is -0.303 e. The molecule has 0 atom stereocenters. The maximum Gasteiger partial charge on any atom is 0.469 e. The molecule has 1 aliphatic rings. The fourth-order valence-electron chi connectivity index (χ4n) is 1.62. The maximum absolute atomic E-state index is 10.5. The highest BCUT2D eigenvalue weighted by atomic mass is 31.2. The number of hydrogen-bond acceptors (Lipinski definition) is 3. The Balaban J connectivity index is 2.22. The Morgan fingerprint density at radius 1 is 1.33 bits per heavy atom. The van der Waals surface area contributed by atoms with Gasteiger partial charge in [0.1, 0.15) is 0 Å². The van der Waals surface area contributed by atoms with Crippen molar-refractivity contribution < 1.29 is 24.0 Å². The minimum atomic E-state index is -4.37. The molecule has 15 heavy (non-hydrogen) atoms. The van der Waals surface area contributed by atoms with Gasteiger partial charge in [0.15, 0.2) is 0 Å². The summed E-state index contributed by atoms with van der Waals surface area (Å²) in [4.78, 5) is 18.9. The molecular formula is C8H17NO5P. The summed E-state index contributed by atoms with van der Waals surface area (Å²) in [6.07, 6.45) is 3.30. The second kappa shape index (κ2) is 5.94. The summed E-state index contributed by atoms with van der Waals surface area (Å²) in [5, 5.41) is 10.5. The van der Waals surface area contributed by atoms with Crippen LogP contribution >= 0.6 is 7.82 Å². The lowest BCUT2D eigenvalue weighted by atomic mass is 9.91. The van der Waals surface area contributed by atoms with Crippen LogP contribution in [0.2, 0.25) is 0 Å². The Morgan fingerprint density at radius 3 is 2.40 bits per heavy atom. The van der Waals surface area contributed by atoms with E-state index in [0.29, 0.717) is 19.1 Å². The van der Waals surface area contributed by atoms with Gasteiger partial charge in [-0.3, -0.25) is 9.42 Å². The van der Waals surface area contributed by atoms with Gasteiger partial charge in [0.05, 0.1) is 13.2 Å². The van der Waals surface area contributed by atoms with E-state index in [-0.39, 0.29) is 13.2 Å². The number of rotatable bonds is 7. The first kappa shape index (κ1) is 13.1. The third-order valence-corrected chi connectivity index (χ3v) is 3.13. The molecule has 0 heterocycles. The van der Waals surface area contributed by atoms with Crippen molar-refractivity contribution in [2.75, 3.05) is 26.3 Å². The van der Waals surface area contributed by atoms with Crippen molar-refractivity contribution in [2.45, 2.75) is 25.3 Å². The summed E-state index contributed by atoms with van der Waals surface area (Å²) in [6, 6.07) is 0.402.